The van der Waals surface area contributed by atoms with Gasteiger partial charge in [-0.3, -0.25) is 10.1 Å². The summed E-state index contributed by atoms with van der Waals surface area (Å²) in [5, 5.41) is 11.2. The van der Waals surface area contributed by atoms with Crippen molar-refractivity contribution in [3.05, 3.63) is 59.2 Å². The van der Waals surface area contributed by atoms with Crippen molar-refractivity contribution in [2.75, 3.05) is 18.2 Å². The molecule has 14 heteroatoms. The second-order valence-electron chi connectivity index (χ2n) is 7.27. The molecule has 0 radical (unpaired) electrons. The van der Waals surface area contributed by atoms with Crippen LogP contribution in [0.4, 0.5) is 5.13 Å². The minimum atomic E-state index is -4.13. The van der Waals surface area contributed by atoms with Gasteiger partial charge in [0.1, 0.15) is 16.5 Å². The molecule has 1 aromatic heterocycles. The number of hydrogen-bond donors (Lipinski definition) is 1. The quantitative estimate of drug-likeness (QED) is 0.239. The van der Waals surface area contributed by atoms with E-state index in [-0.39, 0.29) is 33.7 Å². The lowest BCUT2D eigenvalue weighted by molar-refractivity contribution is -0.112. The molecule has 188 valence electrons. The van der Waals surface area contributed by atoms with Crippen LogP contribution in [0.15, 0.2) is 58.1 Å². The maximum absolute atomic E-state index is 12.7. The number of nitrogens with zero attached hydrogens (tertiary/aromatic N) is 3. The fraction of sp³-hybridized carbons (Fsp3) is 0.182. The second-order valence-corrected chi connectivity index (χ2v) is 11.5. The van der Waals surface area contributed by atoms with Gasteiger partial charge in [0.15, 0.2) is 11.5 Å². The molecule has 0 unspecified atom stereocenters. The monoisotopic (exact) mass is 548 g/mol. The Hall–Kier alpha value is -3.80. The summed E-state index contributed by atoms with van der Waals surface area (Å²) < 4.78 is 62.8. The Labute approximate surface area is 212 Å². The van der Waals surface area contributed by atoms with Crippen molar-refractivity contribution in [2.24, 2.45) is 0 Å². The fourth-order valence-corrected chi connectivity index (χ4v) is 5.09. The number of amides is 1. The fourth-order valence-electron chi connectivity index (χ4n) is 2.71. The molecule has 0 aliphatic rings. The molecule has 0 bridgehead atoms. The number of hydrogen-bond acceptors (Lipinski definition) is 11. The molecule has 0 saturated carbocycles. The van der Waals surface area contributed by atoms with Gasteiger partial charge in [-0.25, -0.2) is 8.42 Å². The number of nitrogens with one attached hydrogen (secondary N) is 1. The van der Waals surface area contributed by atoms with Gasteiger partial charge in [0.05, 0.1) is 6.61 Å². The van der Waals surface area contributed by atoms with Gasteiger partial charge in [-0.05, 0) is 49.8 Å². The summed E-state index contributed by atoms with van der Waals surface area (Å²) in [4.78, 5) is 16.2. The highest BCUT2D eigenvalue weighted by Crippen LogP contribution is 2.32. The Morgan fingerprint density at radius 3 is 2.42 bits per heavy atom. The third kappa shape index (κ3) is 6.66. The summed E-state index contributed by atoms with van der Waals surface area (Å²) in [6, 6.07) is 12.1. The normalized spacial score (nSPS) is 12.0. The summed E-state index contributed by atoms with van der Waals surface area (Å²) >= 11 is 0.652. The Morgan fingerprint density at radius 2 is 1.83 bits per heavy atom. The number of aromatic nitrogens is 2. The van der Waals surface area contributed by atoms with Crippen LogP contribution in [0.3, 0.4) is 0 Å². The van der Waals surface area contributed by atoms with Gasteiger partial charge in [-0.2, -0.15) is 23.0 Å². The Balaban J connectivity index is 1.86. The van der Waals surface area contributed by atoms with E-state index in [9.17, 15) is 26.9 Å². The zero-order chi connectivity index (χ0) is 26.5. The first-order valence-electron chi connectivity index (χ1n) is 10.2. The number of rotatable bonds is 9. The first-order valence-corrected chi connectivity index (χ1v) is 14.2. The summed E-state index contributed by atoms with van der Waals surface area (Å²) in [7, 11) is -7.79. The van der Waals surface area contributed by atoms with Crippen molar-refractivity contribution in [3.63, 3.8) is 0 Å². The molecule has 11 nitrogen and oxygen atoms in total. The second kappa shape index (κ2) is 10.9. The molecule has 0 atom stereocenters. The van der Waals surface area contributed by atoms with Crippen molar-refractivity contribution in [1.29, 1.82) is 5.26 Å². The molecular weight excluding hydrogens is 528 g/mol. The van der Waals surface area contributed by atoms with E-state index in [1.807, 2.05) is 6.92 Å². The summed E-state index contributed by atoms with van der Waals surface area (Å²) in [5.74, 6) is -0.824. The minimum Gasteiger partial charge on any atom is -0.490 e. The van der Waals surface area contributed by atoms with Crippen molar-refractivity contribution in [1.82, 2.24) is 9.36 Å². The number of sulfone groups is 1. The van der Waals surface area contributed by atoms with Gasteiger partial charge in [-0.15, -0.1) is 0 Å². The van der Waals surface area contributed by atoms with Crippen LogP contribution in [-0.2, 0) is 24.7 Å². The van der Waals surface area contributed by atoms with E-state index in [4.69, 9.17) is 8.92 Å². The van der Waals surface area contributed by atoms with Gasteiger partial charge >= 0.3 is 10.1 Å². The van der Waals surface area contributed by atoms with Crippen molar-refractivity contribution < 1.29 is 30.6 Å². The SMILES string of the molecule is CCOc1cc(C=C(C#N)C(=O)Nc2nc(S(C)(=O)=O)ns2)ccc1OS(=O)(=O)c1ccc(C)cc1. The number of carbonyl (C=O) groups is 1. The molecule has 3 aromatic rings. The molecule has 1 N–H and O–H groups in total. The lowest BCUT2D eigenvalue weighted by atomic mass is 10.1. The molecule has 0 aliphatic carbocycles. The molecule has 0 spiro atoms. The number of carbonyl (C=O) groups excluding carboxylic acids is 1. The topological polar surface area (TPSA) is 165 Å². The number of aryl methyl sites for hydroxylation is 1. The van der Waals surface area contributed by atoms with Crippen LogP contribution in [0.25, 0.3) is 6.08 Å². The minimum absolute atomic E-state index is 0.0290. The van der Waals surface area contributed by atoms with E-state index < -0.39 is 31.0 Å². The van der Waals surface area contributed by atoms with Crippen molar-refractivity contribution >= 4 is 48.6 Å². The molecule has 3 rings (SSSR count). The molecule has 0 aliphatic heterocycles. The zero-order valence-electron chi connectivity index (χ0n) is 19.3. The van der Waals surface area contributed by atoms with Gasteiger partial charge in [0.25, 0.3) is 11.1 Å². The van der Waals surface area contributed by atoms with Crippen LogP contribution in [0.5, 0.6) is 11.5 Å². The van der Waals surface area contributed by atoms with Crippen molar-refractivity contribution in [3.8, 4) is 17.6 Å². The van der Waals surface area contributed by atoms with E-state index in [0.29, 0.717) is 17.1 Å². The Morgan fingerprint density at radius 1 is 1.14 bits per heavy atom. The van der Waals surface area contributed by atoms with Gasteiger partial charge in [-0.1, -0.05) is 23.8 Å². The van der Waals surface area contributed by atoms with Crippen LogP contribution in [0.2, 0.25) is 0 Å². The summed E-state index contributed by atoms with van der Waals surface area (Å²) in [6.07, 6.45) is 2.17. The first kappa shape index (κ1) is 26.8. The van der Waals surface area contributed by atoms with Crippen LogP contribution in [0, 0.1) is 18.3 Å². The van der Waals surface area contributed by atoms with E-state index in [1.54, 1.807) is 25.1 Å². The molecule has 0 saturated heterocycles. The highest BCUT2D eigenvalue weighted by molar-refractivity contribution is 7.90. The Kier molecular flexibility index (Phi) is 8.08. The molecule has 1 amide bonds. The average Bonchev–Trinajstić information content (AvgIpc) is 3.28. The van der Waals surface area contributed by atoms with E-state index in [2.05, 4.69) is 14.7 Å². The standard InChI is InChI=1S/C22H20N4O7S3/c1-4-32-19-12-15(7-10-18(19)33-36(30,31)17-8-5-14(2)6-9-17)11-16(13-23)20(27)24-21-25-22(26-34-21)35(3,28)29/h5-12H,4H2,1-3H3,(H,24,25,26,27). The summed E-state index contributed by atoms with van der Waals surface area (Å²) in [5.41, 5.74) is 0.910. The molecule has 1 heterocycles. The third-order valence-electron chi connectivity index (χ3n) is 4.41. The maximum atomic E-state index is 12.7. The lowest BCUT2D eigenvalue weighted by Crippen LogP contribution is -2.13. The average molecular weight is 549 g/mol. The molecule has 36 heavy (non-hydrogen) atoms. The highest BCUT2D eigenvalue weighted by atomic mass is 32.2. The van der Waals surface area contributed by atoms with E-state index in [1.165, 1.54) is 36.4 Å². The number of ether oxygens (including phenoxy) is 1. The van der Waals surface area contributed by atoms with Gasteiger partial charge in [0, 0.05) is 17.8 Å². The van der Waals surface area contributed by atoms with Gasteiger partial charge in [0.2, 0.25) is 15.0 Å². The molecule has 0 fully saturated rings. The van der Waals surface area contributed by atoms with E-state index in [0.717, 1.165) is 11.8 Å². The largest absolute Gasteiger partial charge is 0.490 e. The number of anilines is 1. The predicted molar refractivity (Wildman–Crippen MR) is 132 cm³/mol. The van der Waals surface area contributed by atoms with Crippen molar-refractivity contribution in [2.45, 2.75) is 23.9 Å². The number of benzene rings is 2. The molecular formula is C22H20N4O7S3. The number of nitriles is 1. The van der Waals surface area contributed by atoms with E-state index >= 15 is 0 Å². The maximum Gasteiger partial charge on any atom is 0.339 e. The first-order chi connectivity index (χ1) is 16.9. The summed E-state index contributed by atoms with van der Waals surface area (Å²) in [6.45, 7) is 3.72. The molecule has 2 aromatic carbocycles. The lowest BCUT2D eigenvalue weighted by Gasteiger charge is -2.13. The smallest absolute Gasteiger partial charge is 0.339 e. The van der Waals surface area contributed by atoms with Gasteiger partial charge < -0.3 is 8.92 Å². The van der Waals surface area contributed by atoms with Crippen LogP contribution in [-0.4, -0.2) is 45.0 Å². The van der Waals surface area contributed by atoms with Crippen LogP contribution >= 0.6 is 11.5 Å². The van der Waals surface area contributed by atoms with Crippen LogP contribution in [0.1, 0.15) is 18.1 Å². The third-order valence-corrected chi connectivity index (χ3v) is 7.25. The zero-order valence-corrected chi connectivity index (χ0v) is 21.7. The highest BCUT2D eigenvalue weighted by Gasteiger charge is 2.20. The Bertz CT molecular complexity index is 1570. The van der Waals surface area contributed by atoms with Crippen LogP contribution < -0.4 is 14.2 Å². The predicted octanol–water partition coefficient (Wildman–Crippen LogP) is 2.96.